The highest BCUT2D eigenvalue weighted by Gasteiger charge is 2.13. The second-order valence-corrected chi connectivity index (χ2v) is 5.52. The minimum absolute atomic E-state index is 0.0139. The Bertz CT molecular complexity index is 864. The SMILES string of the molecule is O=C(NCC1=CC=CCC1)c1cc(-c2ccc(O)cc2)n[nH]c1=O. The fraction of sp³-hybridized carbons (Fsp3) is 0.167. The van der Waals surface area contributed by atoms with Crippen molar-refractivity contribution in [1.82, 2.24) is 15.5 Å². The van der Waals surface area contributed by atoms with Gasteiger partial charge in [-0.15, -0.1) is 0 Å². The van der Waals surface area contributed by atoms with Crippen molar-refractivity contribution in [3.63, 3.8) is 0 Å². The molecule has 1 amide bonds. The Kier molecular flexibility index (Phi) is 4.56. The molecule has 0 atom stereocenters. The van der Waals surface area contributed by atoms with E-state index >= 15 is 0 Å². The Labute approximate surface area is 138 Å². The zero-order valence-electron chi connectivity index (χ0n) is 13.0. The van der Waals surface area contributed by atoms with E-state index < -0.39 is 11.5 Å². The summed E-state index contributed by atoms with van der Waals surface area (Å²) in [6, 6.07) is 7.82. The van der Waals surface area contributed by atoms with Crippen LogP contribution in [-0.4, -0.2) is 27.8 Å². The maximum absolute atomic E-state index is 12.3. The fourth-order valence-corrected chi connectivity index (χ4v) is 2.44. The third-order valence-electron chi connectivity index (χ3n) is 3.79. The van der Waals surface area contributed by atoms with E-state index in [9.17, 15) is 14.7 Å². The number of amides is 1. The second-order valence-electron chi connectivity index (χ2n) is 5.52. The summed E-state index contributed by atoms with van der Waals surface area (Å²) >= 11 is 0. The smallest absolute Gasteiger partial charge is 0.277 e. The van der Waals surface area contributed by atoms with Crippen molar-refractivity contribution in [3.05, 3.63) is 70.1 Å². The van der Waals surface area contributed by atoms with Crippen LogP contribution in [0.3, 0.4) is 0 Å². The lowest BCUT2D eigenvalue weighted by Gasteiger charge is -2.10. The first-order valence-corrected chi connectivity index (χ1v) is 7.65. The number of aromatic amines is 1. The van der Waals surface area contributed by atoms with E-state index in [1.54, 1.807) is 12.1 Å². The van der Waals surface area contributed by atoms with Crippen LogP contribution in [0.5, 0.6) is 5.75 Å². The van der Waals surface area contributed by atoms with Gasteiger partial charge in [0.2, 0.25) is 0 Å². The maximum Gasteiger partial charge on any atom is 0.277 e. The Hall–Kier alpha value is -3.15. The largest absolute Gasteiger partial charge is 0.508 e. The number of nitrogens with one attached hydrogen (secondary N) is 2. The minimum atomic E-state index is -0.535. The van der Waals surface area contributed by atoms with Crippen molar-refractivity contribution in [2.75, 3.05) is 6.54 Å². The molecule has 3 N–H and O–H groups in total. The molecule has 0 fully saturated rings. The number of benzene rings is 1. The van der Waals surface area contributed by atoms with Gasteiger partial charge in [-0.3, -0.25) is 9.59 Å². The molecule has 24 heavy (non-hydrogen) atoms. The van der Waals surface area contributed by atoms with Crippen molar-refractivity contribution in [3.8, 4) is 17.0 Å². The lowest BCUT2D eigenvalue weighted by atomic mass is 10.1. The summed E-state index contributed by atoms with van der Waals surface area (Å²) in [5, 5.41) is 18.4. The van der Waals surface area contributed by atoms with Gasteiger partial charge in [0, 0.05) is 12.1 Å². The summed E-state index contributed by atoms with van der Waals surface area (Å²) in [5.41, 5.74) is 1.75. The van der Waals surface area contributed by atoms with E-state index in [4.69, 9.17) is 0 Å². The van der Waals surface area contributed by atoms with Gasteiger partial charge in [0.05, 0.1) is 5.69 Å². The van der Waals surface area contributed by atoms with E-state index in [1.807, 2.05) is 12.2 Å². The number of phenolic OH excluding ortho intramolecular Hbond substituents is 1. The maximum atomic E-state index is 12.3. The molecule has 1 aliphatic carbocycles. The van der Waals surface area contributed by atoms with Crippen LogP contribution in [0.4, 0.5) is 0 Å². The molecule has 1 aromatic carbocycles. The molecule has 0 bridgehead atoms. The number of allylic oxidation sites excluding steroid dienone is 3. The molecule has 3 rings (SSSR count). The quantitative estimate of drug-likeness (QED) is 0.803. The van der Waals surface area contributed by atoms with Gasteiger partial charge in [0.1, 0.15) is 11.3 Å². The number of phenols is 1. The summed E-state index contributed by atoms with van der Waals surface area (Å²) in [4.78, 5) is 24.2. The van der Waals surface area contributed by atoms with Crippen LogP contribution in [-0.2, 0) is 0 Å². The minimum Gasteiger partial charge on any atom is -0.508 e. The van der Waals surface area contributed by atoms with Gasteiger partial charge >= 0.3 is 0 Å². The van der Waals surface area contributed by atoms with Gasteiger partial charge in [-0.25, -0.2) is 5.10 Å². The van der Waals surface area contributed by atoms with Crippen LogP contribution in [0, 0.1) is 0 Å². The topological polar surface area (TPSA) is 95.1 Å². The van der Waals surface area contributed by atoms with E-state index in [0.29, 0.717) is 17.8 Å². The van der Waals surface area contributed by atoms with Crippen molar-refractivity contribution >= 4 is 5.91 Å². The first-order chi connectivity index (χ1) is 11.6. The Morgan fingerprint density at radius 3 is 2.79 bits per heavy atom. The molecule has 122 valence electrons. The average molecular weight is 323 g/mol. The molecular formula is C18H17N3O3. The fourth-order valence-electron chi connectivity index (χ4n) is 2.44. The Morgan fingerprint density at radius 1 is 1.29 bits per heavy atom. The highest BCUT2D eigenvalue weighted by molar-refractivity contribution is 5.94. The van der Waals surface area contributed by atoms with E-state index in [2.05, 4.69) is 21.6 Å². The number of hydrogen-bond acceptors (Lipinski definition) is 4. The average Bonchev–Trinajstić information content (AvgIpc) is 2.62. The van der Waals surface area contributed by atoms with Crippen LogP contribution < -0.4 is 10.9 Å². The standard InChI is InChI=1S/C18H17N3O3/c22-14-8-6-13(7-9-14)16-10-15(18(24)21-20-16)17(23)19-11-12-4-2-1-3-5-12/h1-2,4,6-10,22H,3,5,11H2,(H,19,23)(H,21,24). The van der Waals surface area contributed by atoms with E-state index in [0.717, 1.165) is 18.4 Å². The van der Waals surface area contributed by atoms with Gasteiger partial charge in [0.25, 0.3) is 11.5 Å². The molecule has 0 spiro atoms. The lowest BCUT2D eigenvalue weighted by molar-refractivity contribution is 0.0955. The van der Waals surface area contributed by atoms with Gasteiger partial charge < -0.3 is 10.4 Å². The zero-order valence-corrected chi connectivity index (χ0v) is 13.0. The van der Waals surface area contributed by atoms with Crippen molar-refractivity contribution < 1.29 is 9.90 Å². The molecule has 0 saturated heterocycles. The first-order valence-electron chi connectivity index (χ1n) is 7.65. The van der Waals surface area contributed by atoms with Gasteiger partial charge in [-0.2, -0.15) is 5.10 Å². The number of aromatic hydroxyl groups is 1. The molecule has 0 aliphatic heterocycles. The summed E-state index contributed by atoms with van der Waals surface area (Å²) in [5.74, 6) is -0.301. The number of aromatic nitrogens is 2. The van der Waals surface area contributed by atoms with Crippen LogP contribution >= 0.6 is 0 Å². The molecule has 1 aliphatic rings. The second kappa shape index (κ2) is 6.95. The van der Waals surface area contributed by atoms with Gasteiger partial charge in [0.15, 0.2) is 0 Å². The number of hydrogen-bond donors (Lipinski definition) is 3. The van der Waals surface area contributed by atoms with Gasteiger partial charge in [-0.1, -0.05) is 23.8 Å². The predicted octanol–water partition coefficient (Wildman–Crippen LogP) is 2.15. The predicted molar refractivity (Wildman–Crippen MR) is 90.7 cm³/mol. The zero-order chi connectivity index (χ0) is 16.9. The Morgan fingerprint density at radius 2 is 2.08 bits per heavy atom. The van der Waals surface area contributed by atoms with E-state index in [-0.39, 0.29) is 11.3 Å². The van der Waals surface area contributed by atoms with Crippen LogP contribution in [0.2, 0.25) is 0 Å². The molecule has 2 aromatic rings. The summed E-state index contributed by atoms with van der Waals surface area (Å²) in [7, 11) is 0. The van der Waals surface area contributed by atoms with Crippen molar-refractivity contribution in [2.24, 2.45) is 0 Å². The highest BCUT2D eigenvalue weighted by Crippen LogP contribution is 2.19. The van der Waals surface area contributed by atoms with Crippen LogP contribution in [0.25, 0.3) is 11.3 Å². The lowest BCUT2D eigenvalue weighted by Crippen LogP contribution is -2.31. The first kappa shape index (κ1) is 15.7. The Balaban J connectivity index is 1.79. The number of rotatable bonds is 4. The molecule has 1 aromatic heterocycles. The molecule has 0 saturated carbocycles. The third-order valence-corrected chi connectivity index (χ3v) is 3.79. The van der Waals surface area contributed by atoms with Crippen LogP contribution in [0.1, 0.15) is 23.2 Å². The summed E-state index contributed by atoms with van der Waals surface area (Å²) in [6.07, 6.45) is 7.88. The molecule has 6 heteroatoms. The number of carbonyl (C=O) groups is 1. The summed E-state index contributed by atoms with van der Waals surface area (Å²) < 4.78 is 0. The van der Waals surface area contributed by atoms with Gasteiger partial charge in [-0.05, 0) is 43.2 Å². The monoisotopic (exact) mass is 323 g/mol. The van der Waals surface area contributed by atoms with Crippen LogP contribution in [0.15, 0.2) is 58.9 Å². The summed E-state index contributed by atoms with van der Waals surface area (Å²) in [6.45, 7) is 0.416. The van der Waals surface area contributed by atoms with Crippen molar-refractivity contribution in [2.45, 2.75) is 12.8 Å². The molecule has 0 unspecified atom stereocenters. The number of carbonyl (C=O) groups excluding carboxylic acids is 1. The molecule has 1 heterocycles. The van der Waals surface area contributed by atoms with E-state index in [1.165, 1.54) is 18.2 Å². The normalized spacial score (nSPS) is 13.4. The molecule has 0 radical (unpaired) electrons. The number of nitrogens with zero attached hydrogens (tertiary/aromatic N) is 1. The number of H-pyrrole nitrogens is 1. The van der Waals surface area contributed by atoms with Crippen molar-refractivity contribution in [1.29, 1.82) is 0 Å². The highest BCUT2D eigenvalue weighted by atomic mass is 16.3. The molecule has 6 nitrogen and oxygen atoms in total. The third kappa shape index (κ3) is 3.60. The molecular weight excluding hydrogens is 306 g/mol.